The second-order valence-corrected chi connectivity index (χ2v) is 11.9. The van der Waals surface area contributed by atoms with Crippen molar-refractivity contribution in [2.75, 3.05) is 32.5 Å². The van der Waals surface area contributed by atoms with Crippen LogP contribution in [0, 0.1) is 12.8 Å². The van der Waals surface area contributed by atoms with Gasteiger partial charge in [0.05, 0.1) is 0 Å². The van der Waals surface area contributed by atoms with Gasteiger partial charge in [-0.25, -0.2) is 19.0 Å². The molecule has 1 aliphatic carbocycles. The molecule has 0 radical (unpaired) electrons. The lowest BCUT2D eigenvalue weighted by atomic mass is 9.69. The number of likely N-dealkylation sites (N-methyl/N-ethyl adjacent to an activating group) is 1. The van der Waals surface area contributed by atoms with E-state index in [0.717, 1.165) is 59.8 Å². The van der Waals surface area contributed by atoms with Crippen molar-refractivity contribution in [1.82, 2.24) is 39.0 Å². The minimum absolute atomic E-state index is 0.0937. The molecule has 0 spiro atoms. The van der Waals surface area contributed by atoms with Crippen molar-refractivity contribution in [3.05, 3.63) is 84.7 Å². The van der Waals surface area contributed by atoms with E-state index in [1.54, 1.807) is 10.8 Å². The summed E-state index contributed by atoms with van der Waals surface area (Å²) < 4.78 is 9.76. The normalized spacial score (nSPS) is 19.8. The van der Waals surface area contributed by atoms with Gasteiger partial charge in [0.25, 0.3) is 5.91 Å². The Kier molecular flexibility index (Phi) is 6.81. The lowest BCUT2D eigenvalue weighted by Gasteiger charge is -2.50. The monoisotopic (exact) mass is 577 g/mol. The number of ether oxygens (including phenoxy) is 1. The number of hydrogen-bond acceptors (Lipinski definition) is 8. The van der Waals surface area contributed by atoms with Gasteiger partial charge in [-0.15, -0.1) is 0 Å². The summed E-state index contributed by atoms with van der Waals surface area (Å²) >= 11 is 0. The molecule has 5 aromatic rings. The van der Waals surface area contributed by atoms with Gasteiger partial charge in [0.15, 0.2) is 11.5 Å². The molecule has 1 saturated carbocycles. The number of anilines is 2. The molecule has 2 bridgehead atoms. The Morgan fingerprint density at radius 2 is 1.88 bits per heavy atom. The van der Waals surface area contributed by atoms with Crippen molar-refractivity contribution >= 4 is 28.6 Å². The van der Waals surface area contributed by atoms with Crippen LogP contribution in [-0.2, 0) is 4.79 Å². The van der Waals surface area contributed by atoms with E-state index >= 15 is 0 Å². The molecule has 3 aliphatic rings. The van der Waals surface area contributed by atoms with Gasteiger partial charge >= 0.3 is 0 Å². The van der Waals surface area contributed by atoms with Crippen LogP contribution >= 0.6 is 0 Å². The van der Waals surface area contributed by atoms with Gasteiger partial charge in [0, 0.05) is 48.9 Å². The molecule has 11 heteroatoms. The van der Waals surface area contributed by atoms with Crippen LogP contribution < -0.4 is 10.1 Å². The number of fused-ring (bicyclic) bond motifs is 5. The summed E-state index contributed by atoms with van der Waals surface area (Å²) in [4.78, 5) is 26.2. The number of aromatic nitrogens is 6. The SMILES string of the molecule is C=C(CN(C)C)C(=O)N1CC2CC[C@@H]1C[C@@H]2c1ccn2ncnc(Nc3ccc(Oc4ccn5ncnc5c4)c(C)c3)c12. The molecule has 1 N–H and O–H groups in total. The van der Waals surface area contributed by atoms with Gasteiger partial charge in [-0.3, -0.25) is 4.79 Å². The second-order valence-electron chi connectivity index (χ2n) is 11.9. The predicted octanol–water partition coefficient (Wildman–Crippen LogP) is 4.83. The minimum atomic E-state index is 0.0937. The number of piperidine rings is 2. The highest BCUT2D eigenvalue weighted by Crippen LogP contribution is 2.47. The number of rotatable bonds is 8. The van der Waals surface area contributed by atoms with Gasteiger partial charge < -0.3 is 19.9 Å². The number of carbonyl (C=O) groups is 1. The molecule has 1 unspecified atom stereocenters. The predicted molar refractivity (Wildman–Crippen MR) is 164 cm³/mol. The Balaban J connectivity index is 1.11. The molecule has 220 valence electrons. The zero-order valence-electron chi connectivity index (χ0n) is 24.6. The summed E-state index contributed by atoms with van der Waals surface area (Å²) in [6, 6.07) is 12.1. The molecule has 3 atom stereocenters. The molecule has 8 rings (SSSR count). The molecule has 2 aliphatic heterocycles. The molecular formula is C32H35N9O2. The first-order chi connectivity index (χ1) is 20.8. The first-order valence-electron chi connectivity index (χ1n) is 14.6. The largest absolute Gasteiger partial charge is 0.457 e. The number of nitrogens with zero attached hydrogens (tertiary/aromatic N) is 8. The number of carbonyl (C=O) groups excluding carboxylic acids is 1. The molecule has 4 aromatic heterocycles. The highest BCUT2D eigenvalue weighted by Gasteiger charge is 2.44. The fourth-order valence-corrected chi connectivity index (χ4v) is 6.73. The summed E-state index contributed by atoms with van der Waals surface area (Å²) in [5.41, 5.74) is 5.49. The number of amides is 1. The maximum absolute atomic E-state index is 13.2. The van der Waals surface area contributed by atoms with Crippen LogP contribution in [0.15, 0.2) is 73.6 Å². The highest BCUT2D eigenvalue weighted by atomic mass is 16.5. The van der Waals surface area contributed by atoms with Crippen LogP contribution in [0.3, 0.4) is 0 Å². The molecule has 2 saturated heterocycles. The fourth-order valence-electron chi connectivity index (χ4n) is 6.73. The Morgan fingerprint density at radius 1 is 1.07 bits per heavy atom. The number of nitrogens with one attached hydrogen (secondary N) is 1. The Labute approximate surface area is 249 Å². The second kappa shape index (κ2) is 10.8. The average Bonchev–Trinajstić information content (AvgIpc) is 3.65. The molecule has 11 nitrogen and oxygen atoms in total. The average molecular weight is 578 g/mol. The third-order valence-electron chi connectivity index (χ3n) is 8.71. The van der Waals surface area contributed by atoms with E-state index in [0.29, 0.717) is 29.7 Å². The van der Waals surface area contributed by atoms with Crippen molar-refractivity contribution < 1.29 is 9.53 Å². The van der Waals surface area contributed by atoms with Crippen LogP contribution in [0.25, 0.3) is 11.2 Å². The summed E-state index contributed by atoms with van der Waals surface area (Å²) in [5, 5.41) is 12.2. The lowest BCUT2D eigenvalue weighted by molar-refractivity contribution is -0.135. The number of aryl methyl sites for hydroxylation is 1. The summed E-state index contributed by atoms with van der Waals surface area (Å²) in [5.74, 6) is 3.03. The topological polar surface area (TPSA) is 105 Å². The maximum Gasteiger partial charge on any atom is 0.250 e. The highest BCUT2D eigenvalue weighted by molar-refractivity contribution is 5.93. The van der Waals surface area contributed by atoms with Crippen molar-refractivity contribution in [2.24, 2.45) is 5.92 Å². The van der Waals surface area contributed by atoms with E-state index in [9.17, 15) is 4.79 Å². The van der Waals surface area contributed by atoms with Gasteiger partial charge in [-0.05, 0) is 93.6 Å². The summed E-state index contributed by atoms with van der Waals surface area (Å²) in [7, 11) is 3.93. The van der Waals surface area contributed by atoms with Crippen molar-refractivity contribution in [3.8, 4) is 11.5 Å². The molecule has 43 heavy (non-hydrogen) atoms. The lowest BCUT2D eigenvalue weighted by Crippen LogP contribution is -2.54. The molecule has 1 amide bonds. The maximum atomic E-state index is 13.2. The number of benzene rings is 1. The minimum Gasteiger partial charge on any atom is -0.457 e. The fraction of sp³-hybridized carbons (Fsp3) is 0.344. The Hall–Kier alpha value is -4.77. The van der Waals surface area contributed by atoms with E-state index in [-0.39, 0.29) is 11.9 Å². The van der Waals surface area contributed by atoms with Gasteiger partial charge in [0.1, 0.15) is 29.7 Å². The zero-order valence-corrected chi connectivity index (χ0v) is 24.6. The number of pyridine rings is 1. The molecule has 3 fully saturated rings. The van der Waals surface area contributed by atoms with E-state index in [1.807, 2.05) is 67.1 Å². The van der Waals surface area contributed by atoms with Crippen molar-refractivity contribution in [3.63, 3.8) is 0 Å². The Bertz CT molecular complexity index is 1840. The number of hydrogen-bond donors (Lipinski definition) is 1. The van der Waals surface area contributed by atoms with E-state index < -0.39 is 0 Å². The van der Waals surface area contributed by atoms with E-state index in [4.69, 9.17) is 4.74 Å². The van der Waals surface area contributed by atoms with Crippen LogP contribution in [-0.4, -0.2) is 78.1 Å². The van der Waals surface area contributed by atoms with Crippen LogP contribution in [0.1, 0.15) is 36.3 Å². The van der Waals surface area contributed by atoms with Crippen LogP contribution in [0.5, 0.6) is 11.5 Å². The van der Waals surface area contributed by atoms with Crippen molar-refractivity contribution in [2.45, 2.75) is 38.1 Å². The Morgan fingerprint density at radius 3 is 2.67 bits per heavy atom. The zero-order chi connectivity index (χ0) is 29.7. The smallest absolute Gasteiger partial charge is 0.250 e. The van der Waals surface area contributed by atoms with Gasteiger partial charge in [-0.1, -0.05) is 6.58 Å². The quantitative estimate of drug-likeness (QED) is 0.262. The third kappa shape index (κ3) is 5.10. The van der Waals surface area contributed by atoms with Crippen LogP contribution in [0.4, 0.5) is 11.5 Å². The van der Waals surface area contributed by atoms with E-state index in [2.05, 4.69) is 49.1 Å². The van der Waals surface area contributed by atoms with Crippen LogP contribution in [0.2, 0.25) is 0 Å². The molecular weight excluding hydrogens is 542 g/mol. The standard InChI is InChI=1S/C32H35N9O2/c1-20-13-23(6-8-28(20)43-25-9-11-40-29(15-25)33-18-35-40)37-31-30-26(10-12-41(30)36-19-34-31)27-14-24-7-5-22(27)17-39(24)32(42)21(2)16-38(3)4/h6,8-13,15,18-19,22,24,27H,2,5,7,14,16-17H2,1,3-4H3,(H,34,36,37)/t22?,24-,27+/m1/s1. The molecule has 1 aromatic carbocycles. The van der Waals surface area contributed by atoms with Crippen molar-refractivity contribution in [1.29, 1.82) is 0 Å². The first-order valence-corrected chi connectivity index (χ1v) is 14.6. The van der Waals surface area contributed by atoms with Gasteiger partial charge in [-0.2, -0.15) is 10.2 Å². The van der Waals surface area contributed by atoms with E-state index in [1.165, 1.54) is 11.9 Å². The summed E-state index contributed by atoms with van der Waals surface area (Å²) in [6.07, 6.45) is 10.0. The van der Waals surface area contributed by atoms with Gasteiger partial charge in [0.2, 0.25) is 0 Å². The third-order valence-corrected chi connectivity index (χ3v) is 8.71. The summed E-state index contributed by atoms with van der Waals surface area (Å²) in [6.45, 7) is 7.45. The molecule has 6 heterocycles. The first kappa shape index (κ1) is 27.1.